The first-order valence-corrected chi connectivity index (χ1v) is 8.26. The van der Waals surface area contributed by atoms with Gasteiger partial charge in [0.15, 0.2) is 11.5 Å². The zero-order chi connectivity index (χ0) is 14.0. The number of hydrogen-bond acceptors (Lipinski definition) is 3. The minimum Gasteiger partial charge on any atom is -0.508 e. The monoisotopic (exact) mass is 283 g/mol. The van der Waals surface area contributed by atoms with Crippen LogP contribution in [-0.4, -0.2) is 10.1 Å². The highest BCUT2D eigenvalue weighted by molar-refractivity contribution is 5.74. The van der Waals surface area contributed by atoms with Crippen molar-refractivity contribution in [2.24, 2.45) is 23.2 Å². The molecule has 0 radical (unpaired) electrons. The number of hydrogen-bond donors (Lipinski definition) is 1. The summed E-state index contributed by atoms with van der Waals surface area (Å²) in [6.45, 7) is 0. The summed E-state index contributed by atoms with van der Waals surface area (Å²) in [6.07, 6.45) is 9.54. The van der Waals surface area contributed by atoms with Crippen LogP contribution < -0.4 is 0 Å². The summed E-state index contributed by atoms with van der Waals surface area (Å²) in [5.41, 5.74) is 2.04. The van der Waals surface area contributed by atoms with Crippen LogP contribution in [0.4, 0.5) is 0 Å². The topological polar surface area (TPSA) is 46.3 Å². The van der Waals surface area contributed by atoms with Gasteiger partial charge in [0.1, 0.15) is 11.3 Å². The van der Waals surface area contributed by atoms with Crippen molar-refractivity contribution in [2.75, 3.05) is 0 Å². The molecule has 3 nitrogen and oxygen atoms in total. The van der Waals surface area contributed by atoms with E-state index < -0.39 is 0 Å². The average Bonchev–Trinajstić information content (AvgIpc) is 2.77. The number of rotatable bonds is 2. The Hall–Kier alpha value is -1.51. The van der Waals surface area contributed by atoms with Crippen molar-refractivity contribution in [1.29, 1.82) is 0 Å². The molecule has 4 aliphatic carbocycles. The highest BCUT2D eigenvalue weighted by atomic mass is 16.3. The minimum absolute atomic E-state index is 0.250. The number of phenols is 1. The summed E-state index contributed by atoms with van der Waals surface area (Å²) >= 11 is 0. The van der Waals surface area contributed by atoms with E-state index >= 15 is 0 Å². The molecular weight excluding hydrogens is 262 g/mol. The van der Waals surface area contributed by atoms with Crippen LogP contribution in [0.3, 0.4) is 0 Å². The quantitative estimate of drug-likeness (QED) is 0.894. The second-order valence-corrected chi connectivity index (χ2v) is 7.85. The number of benzene rings is 1. The smallest absolute Gasteiger partial charge is 0.196 e. The average molecular weight is 283 g/mol. The second-order valence-electron chi connectivity index (χ2n) is 7.85. The Labute approximate surface area is 124 Å². The Kier molecular flexibility index (Phi) is 2.31. The van der Waals surface area contributed by atoms with Gasteiger partial charge in [0.2, 0.25) is 0 Å². The van der Waals surface area contributed by atoms with Gasteiger partial charge in [-0.05, 0) is 73.8 Å². The molecule has 4 bridgehead atoms. The summed E-state index contributed by atoms with van der Waals surface area (Å²) in [6, 6.07) is 5.20. The molecule has 1 N–H and O–H groups in total. The van der Waals surface area contributed by atoms with E-state index in [9.17, 15) is 5.11 Å². The Bertz CT molecular complexity index is 667. The van der Waals surface area contributed by atoms with Gasteiger partial charge >= 0.3 is 0 Å². The molecule has 4 aliphatic rings. The highest BCUT2D eigenvalue weighted by Gasteiger charge is 2.51. The van der Waals surface area contributed by atoms with Gasteiger partial charge in [-0.25, -0.2) is 4.98 Å². The van der Waals surface area contributed by atoms with Crippen molar-refractivity contribution in [1.82, 2.24) is 4.98 Å². The van der Waals surface area contributed by atoms with Gasteiger partial charge < -0.3 is 9.52 Å². The van der Waals surface area contributed by atoms with Gasteiger partial charge in [0.25, 0.3) is 0 Å². The van der Waals surface area contributed by atoms with Crippen LogP contribution in [-0.2, 0) is 6.42 Å². The number of nitrogens with zero attached hydrogens (tertiary/aromatic N) is 1. The molecule has 1 aromatic carbocycles. The van der Waals surface area contributed by atoms with Gasteiger partial charge in [-0.3, -0.25) is 0 Å². The van der Waals surface area contributed by atoms with Gasteiger partial charge in [0.05, 0.1) is 0 Å². The van der Waals surface area contributed by atoms with E-state index in [1.165, 1.54) is 38.5 Å². The van der Waals surface area contributed by atoms with Crippen LogP contribution in [0.1, 0.15) is 44.4 Å². The SMILES string of the molecule is Oc1ccc2nc(CC34CC5CC(CC(C5)C3)C4)oc2c1. The zero-order valence-corrected chi connectivity index (χ0v) is 12.2. The molecule has 1 aromatic heterocycles. The lowest BCUT2D eigenvalue weighted by molar-refractivity contribution is -0.0549. The Morgan fingerprint density at radius 3 is 2.43 bits per heavy atom. The molecule has 0 unspecified atom stereocenters. The van der Waals surface area contributed by atoms with E-state index in [0.29, 0.717) is 5.41 Å². The van der Waals surface area contributed by atoms with Crippen LogP contribution in [0.25, 0.3) is 11.1 Å². The second kappa shape index (κ2) is 4.02. The maximum Gasteiger partial charge on any atom is 0.196 e. The summed E-state index contributed by atoms with van der Waals surface area (Å²) in [5, 5.41) is 9.55. The normalized spacial score (nSPS) is 37.4. The molecule has 1 heterocycles. The van der Waals surface area contributed by atoms with E-state index in [1.807, 2.05) is 6.07 Å². The maximum absolute atomic E-state index is 9.55. The predicted molar refractivity (Wildman–Crippen MR) is 80.0 cm³/mol. The summed E-state index contributed by atoms with van der Waals surface area (Å²) < 4.78 is 5.92. The molecule has 0 aliphatic heterocycles. The van der Waals surface area contributed by atoms with E-state index in [-0.39, 0.29) is 5.75 Å². The third-order valence-electron chi connectivity index (χ3n) is 6.11. The number of phenolic OH excluding ortho intramolecular Hbond substituents is 1. The molecule has 110 valence electrons. The third kappa shape index (κ3) is 1.90. The fourth-order valence-electron chi connectivity index (χ4n) is 5.86. The largest absolute Gasteiger partial charge is 0.508 e. The standard InChI is InChI=1S/C18H21NO2/c20-14-1-2-15-16(6-14)21-17(19-15)10-18-7-11-3-12(8-18)5-13(4-11)9-18/h1-2,6,11-13,20H,3-5,7-10H2. The first-order valence-electron chi connectivity index (χ1n) is 8.26. The summed E-state index contributed by atoms with van der Waals surface area (Å²) in [5.74, 6) is 4.01. The van der Waals surface area contributed by atoms with Gasteiger partial charge in [-0.15, -0.1) is 0 Å². The van der Waals surface area contributed by atoms with E-state index in [4.69, 9.17) is 4.42 Å². The lowest BCUT2D eigenvalue weighted by Gasteiger charge is -2.56. The predicted octanol–water partition coefficient (Wildman–Crippen LogP) is 4.29. The molecule has 6 rings (SSSR count). The van der Waals surface area contributed by atoms with Crippen molar-refractivity contribution in [3.05, 3.63) is 24.1 Å². The fraction of sp³-hybridized carbons (Fsp3) is 0.611. The highest BCUT2D eigenvalue weighted by Crippen LogP contribution is 2.61. The summed E-state index contributed by atoms with van der Waals surface area (Å²) in [7, 11) is 0. The van der Waals surface area contributed by atoms with Crippen LogP contribution in [0.15, 0.2) is 22.6 Å². The number of fused-ring (bicyclic) bond motifs is 1. The Morgan fingerprint density at radius 2 is 1.76 bits per heavy atom. The number of aromatic nitrogens is 1. The molecule has 0 atom stereocenters. The van der Waals surface area contributed by atoms with E-state index in [2.05, 4.69) is 4.98 Å². The van der Waals surface area contributed by atoms with Crippen LogP contribution in [0, 0.1) is 23.2 Å². The van der Waals surface area contributed by atoms with Crippen LogP contribution >= 0.6 is 0 Å². The first-order chi connectivity index (χ1) is 10.2. The molecule has 3 heteroatoms. The van der Waals surface area contributed by atoms with Crippen molar-refractivity contribution < 1.29 is 9.52 Å². The van der Waals surface area contributed by atoms with Crippen molar-refractivity contribution >= 4 is 11.1 Å². The lowest BCUT2D eigenvalue weighted by atomic mass is 9.49. The lowest BCUT2D eigenvalue weighted by Crippen LogP contribution is -2.47. The fourth-order valence-corrected chi connectivity index (χ4v) is 5.86. The Balaban J connectivity index is 1.48. The molecule has 21 heavy (non-hydrogen) atoms. The molecule has 4 fully saturated rings. The number of oxazole rings is 1. The maximum atomic E-state index is 9.55. The first kappa shape index (κ1) is 12.1. The minimum atomic E-state index is 0.250. The van der Waals surface area contributed by atoms with E-state index in [0.717, 1.165) is 41.2 Å². The van der Waals surface area contributed by atoms with Crippen LogP contribution in [0.2, 0.25) is 0 Å². The summed E-state index contributed by atoms with van der Waals surface area (Å²) in [4.78, 5) is 4.65. The molecule has 0 saturated heterocycles. The van der Waals surface area contributed by atoms with Crippen molar-refractivity contribution in [3.8, 4) is 5.75 Å². The van der Waals surface area contributed by atoms with Crippen LogP contribution in [0.5, 0.6) is 5.75 Å². The van der Waals surface area contributed by atoms with Gasteiger partial charge in [-0.2, -0.15) is 0 Å². The molecular formula is C18H21NO2. The van der Waals surface area contributed by atoms with Gasteiger partial charge in [-0.1, -0.05) is 0 Å². The number of aromatic hydroxyl groups is 1. The van der Waals surface area contributed by atoms with Crippen molar-refractivity contribution in [3.63, 3.8) is 0 Å². The molecule has 4 saturated carbocycles. The molecule has 0 spiro atoms. The Morgan fingerprint density at radius 1 is 1.10 bits per heavy atom. The molecule has 0 amide bonds. The van der Waals surface area contributed by atoms with E-state index in [1.54, 1.807) is 12.1 Å². The zero-order valence-electron chi connectivity index (χ0n) is 12.2. The van der Waals surface area contributed by atoms with Gasteiger partial charge in [0, 0.05) is 12.5 Å². The van der Waals surface area contributed by atoms with Crippen molar-refractivity contribution in [2.45, 2.75) is 44.9 Å². The third-order valence-corrected chi connectivity index (χ3v) is 6.11. The molecule has 2 aromatic rings.